The van der Waals surface area contributed by atoms with E-state index in [1.54, 1.807) is 0 Å². The largest absolute Gasteiger partial charge is 0.303 e. The van der Waals surface area contributed by atoms with Crippen LogP contribution in [-0.2, 0) is 11.2 Å². The fourth-order valence-corrected chi connectivity index (χ4v) is 1.79. The minimum absolute atomic E-state index is 0.361. The number of aromatic nitrogens is 2. The van der Waals surface area contributed by atoms with Crippen molar-refractivity contribution in [2.24, 2.45) is 0 Å². The van der Waals surface area contributed by atoms with Gasteiger partial charge in [0, 0.05) is 18.0 Å². The molecular formula is C12H14N2O. The zero-order valence-electron chi connectivity index (χ0n) is 8.97. The van der Waals surface area contributed by atoms with Gasteiger partial charge in [-0.1, -0.05) is 19.9 Å². The van der Waals surface area contributed by atoms with E-state index in [-0.39, 0.29) is 0 Å². The molecule has 0 N–H and O–H groups in total. The SMILES string of the molecule is CC(C)c1ncc2cccc(CC=O)n12. The molecule has 15 heavy (non-hydrogen) atoms. The van der Waals surface area contributed by atoms with Gasteiger partial charge in [-0.05, 0) is 12.1 Å². The summed E-state index contributed by atoms with van der Waals surface area (Å²) in [6, 6.07) is 5.93. The van der Waals surface area contributed by atoms with Crippen molar-refractivity contribution in [3.05, 3.63) is 35.9 Å². The average Bonchev–Trinajstić information content (AvgIpc) is 2.62. The maximum atomic E-state index is 10.6. The Bertz CT molecular complexity index is 485. The maximum absolute atomic E-state index is 10.6. The molecule has 0 aliphatic heterocycles. The van der Waals surface area contributed by atoms with Crippen LogP contribution in [0.4, 0.5) is 0 Å². The molecule has 0 bridgehead atoms. The number of pyridine rings is 1. The quantitative estimate of drug-likeness (QED) is 0.715. The lowest BCUT2D eigenvalue weighted by Crippen LogP contribution is -2.03. The van der Waals surface area contributed by atoms with Crippen LogP contribution in [0.15, 0.2) is 24.4 Å². The lowest BCUT2D eigenvalue weighted by atomic mass is 10.2. The molecule has 0 aromatic carbocycles. The van der Waals surface area contributed by atoms with Gasteiger partial charge >= 0.3 is 0 Å². The average molecular weight is 202 g/mol. The Hall–Kier alpha value is -1.64. The number of fused-ring (bicyclic) bond motifs is 1. The van der Waals surface area contributed by atoms with Gasteiger partial charge in [0.1, 0.15) is 12.1 Å². The standard InChI is InChI=1S/C12H14N2O/c1-9(2)12-13-8-11-5-3-4-10(6-7-15)14(11)12/h3-5,7-9H,6H2,1-2H3. The third kappa shape index (κ3) is 1.65. The fourth-order valence-electron chi connectivity index (χ4n) is 1.79. The topological polar surface area (TPSA) is 34.4 Å². The minimum Gasteiger partial charge on any atom is -0.303 e. The highest BCUT2D eigenvalue weighted by atomic mass is 16.1. The van der Waals surface area contributed by atoms with E-state index < -0.39 is 0 Å². The van der Waals surface area contributed by atoms with Crippen molar-refractivity contribution in [3.63, 3.8) is 0 Å². The molecule has 0 radical (unpaired) electrons. The number of carbonyl (C=O) groups excluding carboxylic acids is 1. The Kier molecular flexibility index (Phi) is 2.54. The fraction of sp³-hybridized carbons (Fsp3) is 0.333. The highest BCUT2D eigenvalue weighted by molar-refractivity contribution is 5.56. The van der Waals surface area contributed by atoms with E-state index in [2.05, 4.69) is 23.2 Å². The first kappa shape index (κ1) is 9.90. The monoisotopic (exact) mass is 202 g/mol. The van der Waals surface area contributed by atoms with E-state index in [9.17, 15) is 4.79 Å². The molecule has 0 spiro atoms. The molecule has 0 saturated heterocycles. The number of hydrogen-bond acceptors (Lipinski definition) is 2. The summed E-state index contributed by atoms with van der Waals surface area (Å²) < 4.78 is 2.07. The van der Waals surface area contributed by atoms with Crippen LogP contribution in [0.2, 0.25) is 0 Å². The van der Waals surface area contributed by atoms with E-state index in [1.807, 2.05) is 24.4 Å². The van der Waals surface area contributed by atoms with E-state index in [0.29, 0.717) is 12.3 Å². The van der Waals surface area contributed by atoms with Crippen LogP contribution in [0.1, 0.15) is 31.3 Å². The summed E-state index contributed by atoms with van der Waals surface area (Å²) in [6.07, 6.45) is 3.22. The number of nitrogens with zero attached hydrogens (tertiary/aromatic N) is 2. The smallest absolute Gasteiger partial charge is 0.125 e. The van der Waals surface area contributed by atoms with Crippen LogP contribution < -0.4 is 0 Å². The number of hydrogen-bond donors (Lipinski definition) is 0. The Morgan fingerprint density at radius 2 is 2.27 bits per heavy atom. The van der Waals surface area contributed by atoms with Gasteiger partial charge in [0.05, 0.1) is 11.7 Å². The molecule has 0 unspecified atom stereocenters. The van der Waals surface area contributed by atoms with Gasteiger partial charge in [-0.15, -0.1) is 0 Å². The first-order valence-corrected chi connectivity index (χ1v) is 5.13. The van der Waals surface area contributed by atoms with Gasteiger partial charge in [-0.3, -0.25) is 0 Å². The molecule has 0 aliphatic carbocycles. The van der Waals surface area contributed by atoms with Gasteiger partial charge in [-0.2, -0.15) is 0 Å². The van der Waals surface area contributed by atoms with Crippen molar-refractivity contribution in [2.45, 2.75) is 26.2 Å². The van der Waals surface area contributed by atoms with Crippen LogP contribution in [0, 0.1) is 0 Å². The van der Waals surface area contributed by atoms with E-state index >= 15 is 0 Å². The van der Waals surface area contributed by atoms with E-state index in [1.165, 1.54) is 0 Å². The molecule has 3 nitrogen and oxygen atoms in total. The molecule has 2 aromatic heterocycles. The summed E-state index contributed by atoms with van der Waals surface area (Å²) in [4.78, 5) is 15.0. The van der Waals surface area contributed by atoms with Gasteiger partial charge in [0.2, 0.25) is 0 Å². The molecule has 0 amide bonds. The molecule has 3 heteroatoms. The third-order valence-corrected chi connectivity index (χ3v) is 2.47. The van der Waals surface area contributed by atoms with Gasteiger partial charge in [0.15, 0.2) is 0 Å². The van der Waals surface area contributed by atoms with Crippen molar-refractivity contribution >= 4 is 11.8 Å². The molecule has 0 fully saturated rings. The lowest BCUT2D eigenvalue weighted by Gasteiger charge is -2.08. The minimum atomic E-state index is 0.361. The predicted octanol–water partition coefficient (Wildman–Crippen LogP) is 2.20. The molecule has 78 valence electrons. The molecule has 0 aliphatic rings. The Morgan fingerprint density at radius 1 is 1.47 bits per heavy atom. The second kappa shape index (κ2) is 3.85. The molecule has 2 rings (SSSR count). The predicted molar refractivity (Wildman–Crippen MR) is 59.0 cm³/mol. The molecule has 0 saturated carbocycles. The number of rotatable bonds is 3. The summed E-state index contributed by atoms with van der Waals surface area (Å²) in [6.45, 7) is 4.21. The summed E-state index contributed by atoms with van der Waals surface area (Å²) >= 11 is 0. The van der Waals surface area contributed by atoms with Gasteiger partial charge in [0.25, 0.3) is 0 Å². The van der Waals surface area contributed by atoms with Crippen molar-refractivity contribution in [2.75, 3.05) is 0 Å². The zero-order valence-corrected chi connectivity index (χ0v) is 8.97. The summed E-state index contributed by atoms with van der Waals surface area (Å²) in [5.74, 6) is 1.38. The normalized spacial score (nSPS) is 11.1. The van der Waals surface area contributed by atoms with E-state index in [0.717, 1.165) is 23.3 Å². The Labute approximate surface area is 88.8 Å². The van der Waals surface area contributed by atoms with Gasteiger partial charge < -0.3 is 9.20 Å². The Balaban J connectivity index is 2.68. The summed E-state index contributed by atoms with van der Waals surface area (Å²) in [5, 5.41) is 0. The van der Waals surface area contributed by atoms with Crippen LogP contribution in [0.3, 0.4) is 0 Å². The van der Waals surface area contributed by atoms with Crippen molar-refractivity contribution < 1.29 is 4.79 Å². The lowest BCUT2D eigenvalue weighted by molar-refractivity contribution is -0.107. The zero-order chi connectivity index (χ0) is 10.8. The second-order valence-corrected chi connectivity index (χ2v) is 3.92. The van der Waals surface area contributed by atoms with Crippen molar-refractivity contribution in [1.82, 2.24) is 9.38 Å². The highest BCUT2D eigenvalue weighted by Crippen LogP contribution is 2.17. The highest BCUT2D eigenvalue weighted by Gasteiger charge is 2.09. The van der Waals surface area contributed by atoms with Crippen LogP contribution >= 0.6 is 0 Å². The first-order chi connectivity index (χ1) is 7.24. The maximum Gasteiger partial charge on any atom is 0.125 e. The molecular weight excluding hydrogens is 188 g/mol. The third-order valence-electron chi connectivity index (χ3n) is 2.47. The molecule has 2 aromatic rings. The second-order valence-electron chi connectivity index (χ2n) is 3.92. The summed E-state index contributed by atoms with van der Waals surface area (Å²) in [5.41, 5.74) is 2.06. The first-order valence-electron chi connectivity index (χ1n) is 5.13. The molecule has 2 heterocycles. The molecule has 0 atom stereocenters. The number of imidazole rings is 1. The van der Waals surface area contributed by atoms with E-state index in [4.69, 9.17) is 0 Å². The number of carbonyl (C=O) groups is 1. The van der Waals surface area contributed by atoms with Crippen LogP contribution in [0.5, 0.6) is 0 Å². The van der Waals surface area contributed by atoms with Crippen LogP contribution in [0.25, 0.3) is 5.52 Å². The Morgan fingerprint density at radius 3 is 2.93 bits per heavy atom. The van der Waals surface area contributed by atoms with Crippen molar-refractivity contribution in [3.8, 4) is 0 Å². The van der Waals surface area contributed by atoms with Gasteiger partial charge in [-0.25, -0.2) is 4.98 Å². The summed E-state index contributed by atoms with van der Waals surface area (Å²) in [7, 11) is 0. The number of aldehydes is 1. The van der Waals surface area contributed by atoms with Crippen molar-refractivity contribution in [1.29, 1.82) is 0 Å². The van der Waals surface area contributed by atoms with Crippen LogP contribution in [-0.4, -0.2) is 15.7 Å².